The molecule has 6 nitrogen and oxygen atoms in total. The third-order valence-corrected chi connectivity index (χ3v) is 3.07. The molecule has 0 aliphatic heterocycles. The molecule has 3 rings (SSSR count). The summed E-state index contributed by atoms with van der Waals surface area (Å²) >= 11 is 0. The van der Waals surface area contributed by atoms with E-state index in [4.69, 9.17) is 0 Å². The van der Waals surface area contributed by atoms with Gasteiger partial charge in [0.05, 0.1) is 23.7 Å². The van der Waals surface area contributed by atoms with Gasteiger partial charge < -0.3 is 5.32 Å². The monoisotopic (exact) mass is 279 g/mol. The molecule has 0 fully saturated rings. The lowest BCUT2D eigenvalue weighted by Crippen LogP contribution is -2.22. The Labute approximate surface area is 121 Å². The molecule has 0 aliphatic carbocycles. The van der Waals surface area contributed by atoms with Crippen molar-refractivity contribution in [2.45, 2.75) is 6.54 Å². The number of aromatic amines is 1. The minimum atomic E-state index is -0.164. The zero-order chi connectivity index (χ0) is 14.5. The fourth-order valence-corrected chi connectivity index (χ4v) is 1.93. The summed E-state index contributed by atoms with van der Waals surface area (Å²) in [4.78, 5) is 11.9. The second-order valence-corrected chi connectivity index (χ2v) is 4.48. The van der Waals surface area contributed by atoms with Gasteiger partial charge in [0.2, 0.25) is 0 Å². The van der Waals surface area contributed by atoms with Crippen LogP contribution in [0.5, 0.6) is 0 Å². The maximum Gasteiger partial charge on any atom is 0.253 e. The summed E-state index contributed by atoms with van der Waals surface area (Å²) in [6.45, 7) is 0.463. The van der Waals surface area contributed by atoms with E-state index in [2.05, 4.69) is 25.7 Å². The normalized spacial score (nSPS) is 10.3. The van der Waals surface area contributed by atoms with Crippen LogP contribution >= 0.6 is 0 Å². The fraction of sp³-hybridized carbons (Fsp3) is 0.0667. The predicted octanol–water partition coefficient (Wildman–Crippen LogP) is 1.80. The SMILES string of the molecule is O=C(NCc1ccc(-c2ccn[nH]2)cc1)c1ccnnc1. The standard InChI is InChI=1S/C15H13N5O/c21-15(13-5-7-17-19-10-13)16-9-11-1-3-12(4-2-11)14-6-8-18-20-14/h1-8,10H,9H2,(H,16,21)(H,18,20). The highest BCUT2D eigenvalue weighted by Gasteiger charge is 2.05. The Bertz CT molecular complexity index is 708. The Morgan fingerprint density at radius 3 is 2.57 bits per heavy atom. The van der Waals surface area contributed by atoms with Crippen molar-refractivity contribution in [1.82, 2.24) is 25.7 Å². The van der Waals surface area contributed by atoms with E-state index in [1.165, 1.54) is 12.4 Å². The number of hydrogen-bond acceptors (Lipinski definition) is 4. The van der Waals surface area contributed by atoms with Crippen LogP contribution in [0.4, 0.5) is 0 Å². The minimum Gasteiger partial charge on any atom is -0.348 e. The van der Waals surface area contributed by atoms with E-state index in [0.717, 1.165) is 16.8 Å². The van der Waals surface area contributed by atoms with Crippen molar-refractivity contribution in [3.05, 3.63) is 66.1 Å². The van der Waals surface area contributed by atoms with Crippen LogP contribution in [0.1, 0.15) is 15.9 Å². The van der Waals surface area contributed by atoms with E-state index >= 15 is 0 Å². The van der Waals surface area contributed by atoms with Gasteiger partial charge in [0.25, 0.3) is 5.91 Å². The molecule has 1 aromatic carbocycles. The minimum absolute atomic E-state index is 0.164. The van der Waals surface area contributed by atoms with Crippen LogP contribution in [0.2, 0.25) is 0 Å². The van der Waals surface area contributed by atoms with Gasteiger partial charge in [-0.15, -0.1) is 0 Å². The first-order valence-electron chi connectivity index (χ1n) is 6.46. The Morgan fingerprint density at radius 2 is 1.90 bits per heavy atom. The molecule has 21 heavy (non-hydrogen) atoms. The lowest BCUT2D eigenvalue weighted by Gasteiger charge is -2.05. The van der Waals surface area contributed by atoms with E-state index in [1.54, 1.807) is 12.3 Å². The molecule has 0 saturated carbocycles. The molecule has 3 aromatic rings. The number of aromatic nitrogens is 4. The lowest BCUT2D eigenvalue weighted by molar-refractivity contribution is 0.0950. The van der Waals surface area contributed by atoms with E-state index in [9.17, 15) is 4.79 Å². The molecule has 6 heteroatoms. The number of benzene rings is 1. The first-order valence-corrected chi connectivity index (χ1v) is 6.46. The molecule has 0 radical (unpaired) electrons. The highest BCUT2D eigenvalue weighted by atomic mass is 16.1. The smallest absolute Gasteiger partial charge is 0.253 e. The van der Waals surface area contributed by atoms with Crippen molar-refractivity contribution in [1.29, 1.82) is 0 Å². The third-order valence-electron chi connectivity index (χ3n) is 3.07. The van der Waals surface area contributed by atoms with Crippen LogP contribution in [0.25, 0.3) is 11.3 Å². The number of amides is 1. The van der Waals surface area contributed by atoms with Gasteiger partial charge in [-0.2, -0.15) is 15.3 Å². The summed E-state index contributed by atoms with van der Waals surface area (Å²) in [5, 5.41) is 17.0. The van der Waals surface area contributed by atoms with Crippen LogP contribution in [0.15, 0.2) is 55.0 Å². The number of rotatable bonds is 4. The molecular weight excluding hydrogens is 266 g/mol. The fourth-order valence-electron chi connectivity index (χ4n) is 1.93. The summed E-state index contributed by atoms with van der Waals surface area (Å²) < 4.78 is 0. The van der Waals surface area contributed by atoms with Crippen LogP contribution in [0.3, 0.4) is 0 Å². The number of nitrogens with zero attached hydrogens (tertiary/aromatic N) is 3. The lowest BCUT2D eigenvalue weighted by atomic mass is 10.1. The molecule has 2 aromatic heterocycles. The number of carbonyl (C=O) groups excluding carboxylic acids is 1. The van der Waals surface area contributed by atoms with Crippen molar-refractivity contribution in [3.8, 4) is 11.3 Å². The molecule has 0 aliphatic rings. The Hall–Kier alpha value is -3.02. The van der Waals surface area contributed by atoms with Gasteiger partial charge in [-0.25, -0.2) is 0 Å². The molecule has 2 heterocycles. The highest BCUT2D eigenvalue weighted by Crippen LogP contribution is 2.16. The summed E-state index contributed by atoms with van der Waals surface area (Å²) in [7, 11) is 0. The van der Waals surface area contributed by atoms with Crippen molar-refractivity contribution >= 4 is 5.91 Å². The molecule has 0 unspecified atom stereocenters. The maximum absolute atomic E-state index is 11.9. The van der Waals surface area contributed by atoms with Gasteiger partial charge in [0.1, 0.15) is 0 Å². The molecular formula is C15H13N5O. The van der Waals surface area contributed by atoms with Gasteiger partial charge in [0.15, 0.2) is 0 Å². The van der Waals surface area contributed by atoms with Gasteiger partial charge >= 0.3 is 0 Å². The number of nitrogens with one attached hydrogen (secondary N) is 2. The van der Waals surface area contributed by atoms with Gasteiger partial charge in [-0.05, 0) is 23.3 Å². The molecule has 1 amide bonds. The van der Waals surface area contributed by atoms with Crippen molar-refractivity contribution in [3.63, 3.8) is 0 Å². The topological polar surface area (TPSA) is 83.6 Å². The van der Waals surface area contributed by atoms with Crippen LogP contribution in [-0.4, -0.2) is 26.3 Å². The Kier molecular flexibility index (Phi) is 3.68. The quantitative estimate of drug-likeness (QED) is 0.762. The second-order valence-electron chi connectivity index (χ2n) is 4.48. The maximum atomic E-state index is 11.9. The summed E-state index contributed by atoms with van der Waals surface area (Å²) in [6.07, 6.45) is 4.65. The first-order chi connectivity index (χ1) is 10.3. The zero-order valence-corrected chi connectivity index (χ0v) is 11.2. The highest BCUT2D eigenvalue weighted by molar-refractivity contribution is 5.93. The van der Waals surface area contributed by atoms with Crippen LogP contribution in [-0.2, 0) is 6.54 Å². The molecule has 0 bridgehead atoms. The van der Waals surface area contributed by atoms with Crippen molar-refractivity contribution < 1.29 is 4.79 Å². The van der Waals surface area contributed by atoms with E-state index in [1.807, 2.05) is 30.3 Å². The average molecular weight is 279 g/mol. The summed E-state index contributed by atoms with van der Waals surface area (Å²) in [6, 6.07) is 11.5. The molecule has 0 atom stereocenters. The Balaban J connectivity index is 1.62. The van der Waals surface area contributed by atoms with Gasteiger partial charge in [-0.3, -0.25) is 9.89 Å². The zero-order valence-electron chi connectivity index (χ0n) is 11.2. The van der Waals surface area contributed by atoms with E-state index in [-0.39, 0.29) is 5.91 Å². The molecule has 0 spiro atoms. The van der Waals surface area contributed by atoms with E-state index < -0.39 is 0 Å². The first kappa shape index (κ1) is 13.0. The molecule has 0 saturated heterocycles. The van der Waals surface area contributed by atoms with Crippen LogP contribution < -0.4 is 5.32 Å². The van der Waals surface area contributed by atoms with Crippen molar-refractivity contribution in [2.75, 3.05) is 0 Å². The van der Waals surface area contributed by atoms with Crippen molar-refractivity contribution in [2.24, 2.45) is 0 Å². The third kappa shape index (κ3) is 3.11. The van der Waals surface area contributed by atoms with E-state index in [0.29, 0.717) is 12.1 Å². The number of carbonyl (C=O) groups is 1. The molecule has 2 N–H and O–H groups in total. The van der Waals surface area contributed by atoms with Gasteiger partial charge in [-0.1, -0.05) is 24.3 Å². The van der Waals surface area contributed by atoms with Gasteiger partial charge in [0, 0.05) is 12.7 Å². The Morgan fingerprint density at radius 1 is 1.05 bits per heavy atom. The number of hydrogen-bond donors (Lipinski definition) is 2. The summed E-state index contributed by atoms with van der Waals surface area (Å²) in [5.41, 5.74) is 3.54. The number of H-pyrrole nitrogens is 1. The molecule has 104 valence electrons. The predicted molar refractivity (Wildman–Crippen MR) is 77.2 cm³/mol. The second kappa shape index (κ2) is 5.96. The average Bonchev–Trinajstić information content (AvgIpc) is 3.08. The van der Waals surface area contributed by atoms with Crippen LogP contribution in [0, 0.1) is 0 Å². The summed E-state index contributed by atoms with van der Waals surface area (Å²) in [5.74, 6) is -0.164. The largest absolute Gasteiger partial charge is 0.348 e.